The summed E-state index contributed by atoms with van der Waals surface area (Å²) >= 11 is 6.00. The lowest BCUT2D eigenvalue weighted by Crippen LogP contribution is -2.38. The molecular formula is C26H25ClN2O2. The van der Waals surface area contributed by atoms with Crippen molar-refractivity contribution in [2.45, 2.75) is 25.3 Å². The molecule has 0 aromatic heterocycles. The van der Waals surface area contributed by atoms with Crippen molar-refractivity contribution in [2.24, 2.45) is 5.92 Å². The molecule has 158 valence electrons. The van der Waals surface area contributed by atoms with Crippen molar-refractivity contribution >= 4 is 23.4 Å². The van der Waals surface area contributed by atoms with Crippen LogP contribution in [0.1, 0.15) is 39.5 Å². The van der Waals surface area contributed by atoms with Gasteiger partial charge in [0.15, 0.2) is 0 Å². The van der Waals surface area contributed by atoms with Gasteiger partial charge in [0.05, 0.1) is 0 Å². The molecule has 2 amide bonds. The van der Waals surface area contributed by atoms with E-state index in [1.54, 1.807) is 6.07 Å². The molecule has 1 heterocycles. The van der Waals surface area contributed by atoms with Crippen LogP contribution in [-0.2, 0) is 17.6 Å². The van der Waals surface area contributed by atoms with E-state index in [4.69, 9.17) is 11.6 Å². The largest absolute Gasteiger partial charge is 0.354 e. The van der Waals surface area contributed by atoms with Gasteiger partial charge < -0.3 is 10.6 Å². The van der Waals surface area contributed by atoms with Gasteiger partial charge in [-0.2, -0.15) is 0 Å². The summed E-state index contributed by atoms with van der Waals surface area (Å²) in [5.41, 5.74) is 3.79. The molecule has 0 saturated heterocycles. The Bertz CT molecular complexity index is 1050. The third-order valence-electron chi connectivity index (χ3n) is 5.74. The van der Waals surface area contributed by atoms with E-state index < -0.39 is 6.04 Å². The quantitative estimate of drug-likeness (QED) is 0.540. The van der Waals surface area contributed by atoms with Crippen LogP contribution in [-0.4, -0.2) is 18.4 Å². The van der Waals surface area contributed by atoms with E-state index in [0.29, 0.717) is 12.1 Å². The van der Waals surface area contributed by atoms with Crippen LogP contribution < -0.4 is 10.6 Å². The summed E-state index contributed by atoms with van der Waals surface area (Å²) in [6, 6.07) is 24.8. The van der Waals surface area contributed by atoms with Crippen LogP contribution in [0.3, 0.4) is 0 Å². The van der Waals surface area contributed by atoms with Gasteiger partial charge >= 0.3 is 0 Å². The summed E-state index contributed by atoms with van der Waals surface area (Å²) in [5.74, 6) is -0.0865. The highest BCUT2D eigenvalue weighted by atomic mass is 35.5. The topological polar surface area (TPSA) is 58.2 Å². The highest BCUT2D eigenvalue weighted by Gasteiger charge is 2.33. The number of hydrogen-bond acceptors (Lipinski definition) is 2. The lowest BCUT2D eigenvalue weighted by atomic mass is 9.92. The lowest BCUT2D eigenvalue weighted by molar-refractivity contribution is -0.123. The highest BCUT2D eigenvalue weighted by molar-refractivity contribution is 6.30. The summed E-state index contributed by atoms with van der Waals surface area (Å²) in [6.07, 6.45) is 2.72. The van der Waals surface area contributed by atoms with E-state index in [1.165, 1.54) is 11.1 Å². The van der Waals surface area contributed by atoms with Gasteiger partial charge in [-0.3, -0.25) is 9.59 Å². The van der Waals surface area contributed by atoms with Crippen molar-refractivity contribution in [2.75, 3.05) is 6.54 Å². The molecular weight excluding hydrogens is 408 g/mol. The van der Waals surface area contributed by atoms with Gasteiger partial charge in [0.25, 0.3) is 5.91 Å². The third kappa shape index (κ3) is 5.33. The molecule has 1 aliphatic rings. The van der Waals surface area contributed by atoms with E-state index in [0.717, 1.165) is 29.8 Å². The number of aryl methyl sites for hydroxylation is 1. The number of fused-ring (bicyclic) bond motifs is 1. The summed E-state index contributed by atoms with van der Waals surface area (Å²) in [6.45, 7) is 0.551. The number of benzene rings is 3. The molecule has 2 atom stereocenters. The van der Waals surface area contributed by atoms with Crippen LogP contribution in [0.4, 0.5) is 0 Å². The van der Waals surface area contributed by atoms with Crippen LogP contribution >= 0.6 is 11.6 Å². The normalized spacial score (nSPS) is 15.8. The fraction of sp³-hybridized carbons (Fsp3) is 0.231. The highest BCUT2D eigenvalue weighted by Crippen LogP contribution is 2.25. The smallest absolute Gasteiger partial charge is 0.252 e. The number of nitrogens with one attached hydrogen (secondary N) is 2. The molecule has 0 radical (unpaired) electrons. The fourth-order valence-corrected chi connectivity index (χ4v) is 4.17. The van der Waals surface area contributed by atoms with Gasteiger partial charge in [-0.1, -0.05) is 72.3 Å². The Morgan fingerprint density at radius 3 is 2.42 bits per heavy atom. The van der Waals surface area contributed by atoms with Gasteiger partial charge in [-0.15, -0.1) is 0 Å². The number of carbonyl (C=O) groups is 2. The maximum Gasteiger partial charge on any atom is 0.252 e. The average Bonchev–Trinajstić information content (AvgIpc) is 3.14. The van der Waals surface area contributed by atoms with E-state index in [2.05, 4.69) is 22.8 Å². The van der Waals surface area contributed by atoms with E-state index in [1.807, 2.05) is 60.7 Å². The maximum absolute atomic E-state index is 12.9. The Morgan fingerprint density at radius 1 is 0.935 bits per heavy atom. The molecule has 2 unspecified atom stereocenters. The van der Waals surface area contributed by atoms with E-state index >= 15 is 0 Å². The SMILES string of the molecule is O=C1NC(C(=O)NCC(CCc2ccc(Cl)cc2)Cc2ccccc2)c2ccccc21. The number of hydrogen-bond donors (Lipinski definition) is 2. The first kappa shape index (κ1) is 21.1. The Balaban J connectivity index is 1.41. The van der Waals surface area contributed by atoms with Crippen LogP contribution in [0, 0.1) is 5.92 Å². The molecule has 31 heavy (non-hydrogen) atoms. The van der Waals surface area contributed by atoms with Crippen LogP contribution in [0.5, 0.6) is 0 Å². The van der Waals surface area contributed by atoms with Crippen molar-refractivity contribution in [1.82, 2.24) is 10.6 Å². The second-order valence-electron chi connectivity index (χ2n) is 7.96. The minimum absolute atomic E-state index is 0.164. The Labute approximate surface area is 187 Å². The van der Waals surface area contributed by atoms with Gasteiger partial charge in [0, 0.05) is 17.1 Å². The average molecular weight is 433 g/mol. The molecule has 3 aromatic rings. The van der Waals surface area contributed by atoms with E-state index in [9.17, 15) is 9.59 Å². The zero-order valence-electron chi connectivity index (χ0n) is 17.2. The molecule has 5 heteroatoms. The van der Waals surface area contributed by atoms with Crippen molar-refractivity contribution in [3.05, 3.63) is 106 Å². The Kier molecular flexibility index (Phi) is 6.68. The van der Waals surface area contributed by atoms with Crippen LogP contribution in [0.2, 0.25) is 5.02 Å². The molecule has 4 rings (SSSR count). The summed E-state index contributed by atoms with van der Waals surface area (Å²) in [5, 5.41) is 6.60. The zero-order chi connectivity index (χ0) is 21.6. The third-order valence-corrected chi connectivity index (χ3v) is 5.99. The summed E-state index contributed by atoms with van der Waals surface area (Å²) < 4.78 is 0. The number of carbonyl (C=O) groups excluding carboxylic acids is 2. The summed E-state index contributed by atoms with van der Waals surface area (Å²) in [7, 11) is 0. The first-order valence-electron chi connectivity index (χ1n) is 10.6. The minimum atomic E-state index is -0.627. The molecule has 0 saturated carbocycles. The van der Waals surface area contributed by atoms with Crippen molar-refractivity contribution in [1.29, 1.82) is 0 Å². The first-order chi connectivity index (χ1) is 15.1. The second kappa shape index (κ2) is 9.80. The fourth-order valence-electron chi connectivity index (χ4n) is 4.04. The predicted molar refractivity (Wildman–Crippen MR) is 123 cm³/mol. The number of rotatable bonds is 8. The molecule has 0 aliphatic carbocycles. The molecule has 4 nitrogen and oxygen atoms in total. The number of halogens is 1. The standard InChI is InChI=1S/C26H25ClN2O2/c27-21-14-12-18(13-15-21)10-11-20(16-19-6-2-1-3-7-19)17-28-26(31)24-22-8-4-5-9-23(22)25(30)29-24/h1-9,12-15,20,24H,10-11,16-17H2,(H,28,31)(H,29,30). The molecule has 0 fully saturated rings. The van der Waals surface area contributed by atoms with Crippen LogP contribution in [0.25, 0.3) is 0 Å². The second-order valence-corrected chi connectivity index (χ2v) is 8.40. The number of amides is 2. The van der Waals surface area contributed by atoms with Crippen molar-refractivity contribution in [3.63, 3.8) is 0 Å². The van der Waals surface area contributed by atoms with Gasteiger partial charge in [0.2, 0.25) is 5.91 Å². The molecule has 0 spiro atoms. The van der Waals surface area contributed by atoms with Gasteiger partial charge in [0.1, 0.15) is 6.04 Å². The van der Waals surface area contributed by atoms with Crippen molar-refractivity contribution in [3.8, 4) is 0 Å². The zero-order valence-corrected chi connectivity index (χ0v) is 17.9. The Morgan fingerprint density at radius 2 is 1.65 bits per heavy atom. The first-order valence-corrected chi connectivity index (χ1v) is 10.9. The van der Waals surface area contributed by atoms with E-state index in [-0.39, 0.29) is 17.7 Å². The van der Waals surface area contributed by atoms with Gasteiger partial charge in [-0.05, 0) is 60.1 Å². The minimum Gasteiger partial charge on any atom is -0.354 e. The monoisotopic (exact) mass is 432 g/mol. The Hall–Kier alpha value is -3.11. The maximum atomic E-state index is 12.9. The van der Waals surface area contributed by atoms with Gasteiger partial charge in [-0.25, -0.2) is 0 Å². The lowest BCUT2D eigenvalue weighted by Gasteiger charge is -2.20. The molecule has 3 aromatic carbocycles. The predicted octanol–water partition coefficient (Wildman–Crippen LogP) is 4.73. The van der Waals surface area contributed by atoms with Crippen molar-refractivity contribution < 1.29 is 9.59 Å². The molecule has 1 aliphatic heterocycles. The van der Waals surface area contributed by atoms with Crippen LogP contribution in [0.15, 0.2) is 78.9 Å². The summed E-state index contributed by atoms with van der Waals surface area (Å²) in [4.78, 5) is 25.0. The molecule has 2 N–H and O–H groups in total. The molecule has 0 bridgehead atoms.